The van der Waals surface area contributed by atoms with Gasteiger partial charge in [0.25, 0.3) is 5.91 Å². The number of aryl methyl sites for hydroxylation is 1. The van der Waals surface area contributed by atoms with Gasteiger partial charge in [0.15, 0.2) is 0 Å². The zero-order valence-electron chi connectivity index (χ0n) is 25.3. The number of ether oxygens (including phenoxy) is 2. The Morgan fingerprint density at radius 3 is 2.57 bits per heavy atom. The van der Waals surface area contributed by atoms with Crippen molar-refractivity contribution in [2.75, 3.05) is 44.9 Å². The summed E-state index contributed by atoms with van der Waals surface area (Å²) in [6.07, 6.45) is 9.78. The minimum Gasteiger partial charge on any atom is -0.480 e. The largest absolute Gasteiger partial charge is 0.480 e. The first-order valence-corrected chi connectivity index (χ1v) is 17.0. The minimum absolute atomic E-state index is 0.0974. The maximum Gasteiger partial charge on any atom is 0.320 e. The molecule has 42 heavy (non-hydrogen) atoms. The number of hydrogen-bond donors (Lipinski definition) is 2. The van der Waals surface area contributed by atoms with E-state index >= 15 is 0 Å². The van der Waals surface area contributed by atoms with Crippen molar-refractivity contribution < 1.29 is 24.2 Å². The number of hydrogen-bond acceptors (Lipinski definition) is 6. The number of rotatable bonds is 15. The van der Waals surface area contributed by atoms with Gasteiger partial charge in [-0.05, 0) is 84.5 Å². The molecule has 2 aromatic rings. The third-order valence-electron chi connectivity index (χ3n) is 8.62. The fourth-order valence-electron chi connectivity index (χ4n) is 6.14. The molecule has 2 fully saturated rings. The normalized spacial score (nSPS) is 17.6. The van der Waals surface area contributed by atoms with Crippen LogP contribution in [0.1, 0.15) is 61.6 Å². The molecule has 2 N–H and O–H groups in total. The van der Waals surface area contributed by atoms with Crippen molar-refractivity contribution in [3.05, 3.63) is 59.2 Å². The highest BCUT2D eigenvalue weighted by molar-refractivity contribution is 7.98. The Balaban J connectivity index is 1.49. The lowest BCUT2D eigenvalue weighted by Crippen LogP contribution is -2.47. The van der Waals surface area contributed by atoms with Gasteiger partial charge in [0.05, 0.1) is 19.8 Å². The fraction of sp³-hybridized carbons (Fsp3) is 0.588. The van der Waals surface area contributed by atoms with Crippen LogP contribution >= 0.6 is 11.8 Å². The summed E-state index contributed by atoms with van der Waals surface area (Å²) in [6, 6.07) is 14.2. The number of nitrogens with one attached hydrogen (secondary N) is 1. The van der Waals surface area contributed by atoms with Crippen LogP contribution in [0.4, 0.5) is 0 Å². The molecule has 1 aliphatic carbocycles. The van der Waals surface area contributed by atoms with E-state index in [2.05, 4.69) is 48.6 Å². The van der Waals surface area contributed by atoms with Crippen molar-refractivity contribution in [1.82, 2.24) is 10.2 Å². The average Bonchev–Trinajstić information content (AvgIpc) is 3.02. The summed E-state index contributed by atoms with van der Waals surface area (Å²) < 4.78 is 12.0. The zero-order valence-corrected chi connectivity index (χ0v) is 26.1. The van der Waals surface area contributed by atoms with Crippen LogP contribution in [0.5, 0.6) is 0 Å². The number of carboxylic acid groups (broad SMARTS) is 1. The minimum atomic E-state index is -0.801. The molecule has 7 nitrogen and oxygen atoms in total. The molecule has 1 amide bonds. The van der Waals surface area contributed by atoms with Crippen molar-refractivity contribution in [3.63, 3.8) is 0 Å². The number of carbonyl (C=O) groups excluding carboxylic acids is 1. The molecule has 4 rings (SSSR count). The molecule has 2 aliphatic rings. The predicted octanol–water partition coefficient (Wildman–Crippen LogP) is 5.71. The van der Waals surface area contributed by atoms with E-state index in [1.807, 2.05) is 17.2 Å². The fourth-order valence-corrected chi connectivity index (χ4v) is 6.61. The van der Waals surface area contributed by atoms with Gasteiger partial charge in [0, 0.05) is 13.1 Å². The molecule has 0 spiro atoms. The van der Waals surface area contributed by atoms with Crippen LogP contribution in [-0.4, -0.2) is 78.9 Å². The molecule has 1 saturated carbocycles. The number of carbonyl (C=O) groups is 2. The van der Waals surface area contributed by atoms with Gasteiger partial charge in [-0.15, -0.1) is 0 Å². The van der Waals surface area contributed by atoms with Crippen LogP contribution < -0.4 is 5.32 Å². The number of carboxylic acids is 1. The topological polar surface area (TPSA) is 88.1 Å². The second-order valence-electron chi connectivity index (χ2n) is 11.7. The smallest absolute Gasteiger partial charge is 0.320 e. The van der Waals surface area contributed by atoms with Crippen molar-refractivity contribution in [2.24, 2.45) is 5.92 Å². The molecule has 0 radical (unpaired) electrons. The van der Waals surface area contributed by atoms with Crippen LogP contribution in [0.25, 0.3) is 11.1 Å². The lowest BCUT2D eigenvalue weighted by molar-refractivity contribution is -0.150. The molecule has 8 heteroatoms. The van der Waals surface area contributed by atoms with Gasteiger partial charge < -0.3 is 24.8 Å². The Morgan fingerprint density at radius 1 is 1.10 bits per heavy atom. The highest BCUT2D eigenvalue weighted by atomic mass is 32.2. The molecule has 0 bridgehead atoms. The molecule has 1 saturated heterocycles. The van der Waals surface area contributed by atoms with E-state index in [0.29, 0.717) is 58.2 Å². The van der Waals surface area contributed by atoms with Crippen LogP contribution in [0.15, 0.2) is 42.5 Å². The predicted molar refractivity (Wildman–Crippen MR) is 170 cm³/mol. The van der Waals surface area contributed by atoms with Gasteiger partial charge in [-0.25, -0.2) is 0 Å². The number of thioether (sulfide) groups is 1. The maximum absolute atomic E-state index is 13.6. The van der Waals surface area contributed by atoms with Crippen LogP contribution in [-0.2, 0) is 32.1 Å². The summed E-state index contributed by atoms with van der Waals surface area (Å²) in [4.78, 5) is 27.2. The molecular weight excluding hydrogens is 548 g/mol. The highest BCUT2D eigenvalue weighted by Gasteiger charge is 2.30. The number of benzene rings is 2. The Bertz CT molecular complexity index is 1150. The number of amides is 1. The zero-order chi connectivity index (χ0) is 29.7. The Kier molecular flexibility index (Phi) is 13.2. The van der Waals surface area contributed by atoms with Crippen LogP contribution in [0.3, 0.4) is 0 Å². The summed E-state index contributed by atoms with van der Waals surface area (Å²) in [5.74, 6) is 0.644. The van der Waals surface area contributed by atoms with Gasteiger partial charge in [-0.3, -0.25) is 9.59 Å². The summed E-state index contributed by atoms with van der Waals surface area (Å²) in [5, 5.41) is 12.9. The van der Waals surface area contributed by atoms with Gasteiger partial charge in [-0.1, -0.05) is 68.5 Å². The lowest BCUT2D eigenvalue weighted by atomic mass is 9.85. The van der Waals surface area contributed by atoms with E-state index in [9.17, 15) is 14.7 Å². The van der Waals surface area contributed by atoms with Gasteiger partial charge >= 0.3 is 5.97 Å². The summed E-state index contributed by atoms with van der Waals surface area (Å²) in [7, 11) is 0. The summed E-state index contributed by atoms with van der Waals surface area (Å²) >= 11 is 1.66. The monoisotopic (exact) mass is 596 g/mol. The maximum atomic E-state index is 13.6. The Hall–Kier alpha value is -2.39. The van der Waals surface area contributed by atoms with E-state index in [4.69, 9.17) is 9.47 Å². The lowest BCUT2D eigenvalue weighted by Gasteiger charge is -2.32. The number of morpholine rings is 1. The van der Waals surface area contributed by atoms with Crippen LogP contribution in [0, 0.1) is 12.8 Å². The summed E-state index contributed by atoms with van der Waals surface area (Å²) in [6.45, 7) is 5.50. The number of aliphatic carboxylic acids is 1. The molecule has 0 unspecified atom stereocenters. The van der Waals surface area contributed by atoms with Gasteiger partial charge in [0.1, 0.15) is 12.1 Å². The Morgan fingerprint density at radius 2 is 1.86 bits per heavy atom. The Labute approximate surface area is 255 Å². The molecule has 230 valence electrons. The standard InChI is InChI=1S/C34H48N2O5S/c1-25-8-6-7-11-29(25)30-22-27(12-13-28(30)14-16-35-31(34(38)39)15-21-42-2)24-41-32(23-26-9-4-3-5-10-26)33(37)36-17-19-40-20-18-36/h6-8,11-13,22,26,31-32,35H,3-5,9-10,14-21,23-24H2,1-2H3,(H,38,39)/t31-,32-/m0/s1. The van der Waals surface area contributed by atoms with E-state index in [1.165, 1.54) is 37.7 Å². The molecular formula is C34H48N2O5S. The quantitative estimate of drug-likeness (QED) is 0.272. The first-order valence-electron chi connectivity index (χ1n) is 15.6. The van der Waals surface area contributed by atoms with Crippen molar-refractivity contribution in [3.8, 4) is 11.1 Å². The van der Waals surface area contributed by atoms with E-state index in [0.717, 1.165) is 34.4 Å². The van der Waals surface area contributed by atoms with E-state index in [1.54, 1.807) is 11.8 Å². The molecule has 2 aromatic carbocycles. The summed E-state index contributed by atoms with van der Waals surface area (Å²) in [5.41, 5.74) is 5.69. The van der Waals surface area contributed by atoms with Gasteiger partial charge in [0.2, 0.25) is 0 Å². The molecule has 0 aromatic heterocycles. The third-order valence-corrected chi connectivity index (χ3v) is 9.27. The highest BCUT2D eigenvalue weighted by Crippen LogP contribution is 2.31. The number of nitrogens with zero attached hydrogens (tertiary/aromatic N) is 1. The van der Waals surface area contributed by atoms with E-state index < -0.39 is 18.1 Å². The molecule has 1 heterocycles. The van der Waals surface area contributed by atoms with Crippen LogP contribution in [0.2, 0.25) is 0 Å². The third kappa shape index (κ3) is 9.56. The van der Waals surface area contributed by atoms with Crippen molar-refractivity contribution in [1.29, 1.82) is 0 Å². The second kappa shape index (κ2) is 17.0. The molecule has 2 atom stereocenters. The van der Waals surface area contributed by atoms with Crippen molar-refractivity contribution in [2.45, 2.75) is 77.0 Å². The van der Waals surface area contributed by atoms with E-state index in [-0.39, 0.29) is 5.91 Å². The SMILES string of the molecule is CSCC[C@H](NCCc1ccc(CO[C@@H](CC2CCCCC2)C(=O)N2CCOCC2)cc1-c1ccccc1C)C(=O)O. The first kappa shape index (κ1) is 32.5. The average molecular weight is 597 g/mol. The molecule has 1 aliphatic heterocycles. The first-order chi connectivity index (χ1) is 20.5. The second-order valence-corrected chi connectivity index (χ2v) is 12.6. The van der Waals surface area contributed by atoms with Gasteiger partial charge in [-0.2, -0.15) is 11.8 Å². The van der Waals surface area contributed by atoms with Crippen molar-refractivity contribution >= 4 is 23.6 Å².